The normalized spacial score (nSPS) is 11.9. The Kier molecular flexibility index (Phi) is 7.95. The molecule has 0 unspecified atom stereocenters. The molecule has 3 aromatic heterocycles. The Hall–Kier alpha value is -8.86. The first-order valence-corrected chi connectivity index (χ1v) is 22.4. The number of benzene rings is 11. The van der Waals surface area contributed by atoms with E-state index >= 15 is 0 Å². The molecule has 0 saturated carbocycles. The fourth-order valence-electron chi connectivity index (χ4n) is 10.4. The first kappa shape index (κ1) is 36.6. The van der Waals surface area contributed by atoms with E-state index in [1.807, 2.05) is 24.3 Å². The van der Waals surface area contributed by atoms with Gasteiger partial charge in [-0.1, -0.05) is 170 Å². The molecule has 0 atom stereocenters. The van der Waals surface area contributed by atoms with E-state index in [4.69, 9.17) is 13.3 Å². The van der Waals surface area contributed by atoms with Crippen LogP contribution in [0.1, 0.15) is 0 Å². The predicted molar refractivity (Wildman–Crippen MR) is 274 cm³/mol. The SMILES string of the molecule is c1cc(-c2cccc3c2oc2ccccc23)cc(-c2ccc(N(c3ccc(-c4cccc5c4oc4ccccc45)cc3)c3cc4ccccc4c4ccccc34)c3c2oc2ccccc23)c1. The van der Waals surface area contributed by atoms with Crippen molar-refractivity contribution in [3.8, 4) is 33.4 Å². The molecule has 4 nitrogen and oxygen atoms in total. The molecule has 0 aliphatic rings. The summed E-state index contributed by atoms with van der Waals surface area (Å²) in [4.78, 5) is 2.42. The number of fused-ring (bicyclic) bond motifs is 12. The van der Waals surface area contributed by atoms with Gasteiger partial charge in [-0.25, -0.2) is 0 Å². The summed E-state index contributed by atoms with van der Waals surface area (Å²) in [7, 11) is 0. The van der Waals surface area contributed by atoms with Gasteiger partial charge in [-0.05, 0) is 87.4 Å². The van der Waals surface area contributed by atoms with E-state index in [1.165, 1.54) is 16.2 Å². The van der Waals surface area contributed by atoms with E-state index in [9.17, 15) is 0 Å². The zero-order valence-electron chi connectivity index (χ0n) is 35.5. The topological polar surface area (TPSA) is 42.7 Å². The Balaban J connectivity index is 0.991. The summed E-state index contributed by atoms with van der Waals surface area (Å²) in [5, 5.41) is 11.3. The third-order valence-electron chi connectivity index (χ3n) is 13.5. The van der Waals surface area contributed by atoms with Crippen LogP contribution in [-0.4, -0.2) is 0 Å². The number of para-hydroxylation sites is 5. The van der Waals surface area contributed by atoms with Crippen molar-refractivity contribution in [2.24, 2.45) is 0 Å². The lowest BCUT2D eigenvalue weighted by Gasteiger charge is -2.29. The Bertz CT molecular complexity index is 4240. The zero-order chi connectivity index (χ0) is 43.3. The van der Waals surface area contributed by atoms with Crippen LogP contribution in [0.25, 0.3) is 121 Å². The summed E-state index contributed by atoms with van der Waals surface area (Å²) in [6.07, 6.45) is 0. The Labute approximate surface area is 378 Å². The van der Waals surface area contributed by atoms with Crippen molar-refractivity contribution in [3.05, 3.63) is 224 Å². The van der Waals surface area contributed by atoms with Gasteiger partial charge >= 0.3 is 0 Å². The highest BCUT2D eigenvalue weighted by Crippen LogP contribution is 2.49. The van der Waals surface area contributed by atoms with Crippen molar-refractivity contribution >= 4 is 104 Å². The maximum absolute atomic E-state index is 7.00. The number of anilines is 3. The second kappa shape index (κ2) is 14.3. The molecule has 66 heavy (non-hydrogen) atoms. The molecule has 0 radical (unpaired) electrons. The molecular weight excluding hydrogens is 807 g/mol. The molecule has 0 fully saturated rings. The average Bonchev–Trinajstić information content (AvgIpc) is 4.09. The zero-order valence-corrected chi connectivity index (χ0v) is 35.5. The highest BCUT2D eigenvalue weighted by molar-refractivity contribution is 6.20. The van der Waals surface area contributed by atoms with Gasteiger partial charge in [0.1, 0.15) is 33.5 Å². The fourth-order valence-corrected chi connectivity index (χ4v) is 10.4. The number of nitrogens with zero attached hydrogens (tertiary/aromatic N) is 1. The lowest BCUT2D eigenvalue weighted by molar-refractivity contribution is 0.669. The summed E-state index contributed by atoms with van der Waals surface area (Å²) in [6.45, 7) is 0. The summed E-state index contributed by atoms with van der Waals surface area (Å²) < 4.78 is 20.0. The lowest BCUT2D eigenvalue weighted by Crippen LogP contribution is -2.11. The van der Waals surface area contributed by atoms with Crippen LogP contribution in [0.15, 0.2) is 238 Å². The third-order valence-corrected chi connectivity index (χ3v) is 13.5. The molecule has 3 heterocycles. The molecule has 0 bridgehead atoms. The number of hydrogen-bond acceptors (Lipinski definition) is 4. The predicted octanol–water partition coefficient (Wildman–Crippen LogP) is 18.2. The molecule has 0 aliphatic heterocycles. The van der Waals surface area contributed by atoms with Gasteiger partial charge in [0.05, 0.1) is 16.8 Å². The van der Waals surface area contributed by atoms with Gasteiger partial charge in [-0.3, -0.25) is 0 Å². The fraction of sp³-hybridized carbons (Fsp3) is 0. The smallest absolute Gasteiger partial charge is 0.145 e. The van der Waals surface area contributed by atoms with Gasteiger partial charge in [0.15, 0.2) is 0 Å². The minimum atomic E-state index is 0.830. The molecule has 0 saturated heterocycles. The molecule has 14 rings (SSSR count). The van der Waals surface area contributed by atoms with E-state index < -0.39 is 0 Å². The maximum Gasteiger partial charge on any atom is 0.145 e. The highest BCUT2D eigenvalue weighted by Gasteiger charge is 2.25. The van der Waals surface area contributed by atoms with Crippen molar-refractivity contribution in [1.82, 2.24) is 0 Å². The van der Waals surface area contributed by atoms with Gasteiger partial charge in [0.2, 0.25) is 0 Å². The van der Waals surface area contributed by atoms with Crippen LogP contribution < -0.4 is 4.90 Å². The number of furan rings is 3. The molecule has 4 heteroatoms. The third kappa shape index (κ3) is 5.52. The molecular formula is C62H37NO3. The van der Waals surface area contributed by atoms with E-state index in [2.05, 4.69) is 205 Å². The van der Waals surface area contributed by atoms with E-state index in [-0.39, 0.29) is 0 Å². The van der Waals surface area contributed by atoms with Crippen molar-refractivity contribution in [2.75, 3.05) is 4.90 Å². The summed E-state index contributed by atoms with van der Waals surface area (Å²) in [6, 6.07) is 79.7. The Morgan fingerprint density at radius 2 is 0.758 bits per heavy atom. The standard InChI is InChI=1S/C62H37NO3/c1-2-17-43-41(14-1)37-55(48-19-4-3-18-47(43)48)63(42-32-30-38(31-33-42)44-23-12-25-51-49-20-5-8-27-56(49)64-60(44)51)54-35-34-46(62-59(54)53-22-7-10-29-58(53)66-62)40-16-11-15-39(36-40)45-24-13-26-52-50-21-6-9-28-57(50)65-61(45)52/h1-37H. The van der Waals surface area contributed by atoms with Crippen LogP contribution >= 0.6 is 0 Å². The van der Waals surface area contributed by atoms with E-state index in [0.29, 0.717) is 0 Å². The van der Waals surface area contributed by atoms with Crippen LogP contribution in [0, 0.1) is 0 Å². The highest BCUT2D eigenvalue weighted by atomic mass is 16.3. The summed E-state index contributed by atoms with van der Waals surface area (Å²) in [5.74, 6) is 0. The van der Waals surface area contributed by atoms with Crippen LogP contribution in [0.3, 0.4) is 0 Å². The first-order chi connectivity index (χ1) is 32.7. The molecule has 0 spiro atoms. The Morgan fingerprint density at radius 1 is 0.273 bits per heavy atom. The van der Waals surface area contributed by atoms with Gasteiger partial charge in [-0.2, -0.15) is 0 Å². The van der Waals surface area contributed by atoms with Crippen LogP contribution in [-0.2, 0) is 0 Å². The monoisotopic (exact) mass is 843 g/mol. The van der Waals surface area contributed by atoms with Crippen molar-refractivity contribution in [2.45, 2.75) is 0 Å². The largest absolute Gasteiger partial charge is 0.455 e. The van der Waals surface area contributed by atoms with Crippen molar-refractivity contribution < 1.29 is 13.3 Å². The molecule has 11 aromatic carbocycles. The minimum absolute atomic E-state index is 0.830. The van der Waals surface area contributed by atoms with Crippen molar-refractivity contribution in [1.29, 1.82) is 0 Å². The van der Waals surface area contributed by atoms with Gasteiger partial charge in [0.25, 0.3) is 0 Å². The van der Waals surface area contributed by atoms with Crippen LogP contribution in [0.5, 0.6) is 0 Å². The quantitative estimate of drug-likeness (QED) is 0.156. The molecule has 0 N–H and O–H groups in total. The summed E-state index contributed by atoms with van der Waals surface area (Å²) >= 11 is 0. The van der Waals surface area contributed by atoms with E-state index in [1.54, 1.807) is 0 Å². The second-order valence-electron chi connectivity index (χ2n) is 17.1. The lowest BCUT2D eigenvalue weighted by atomic mass is 9.95. The second-order valence-corrected chi connectivity index (χ2v) is 17.1. The van der Waals surface area contributed by atoms with E-state index in [0.717, 1.165) is 122 Å². The Morgan fingerprint density at radius 3 is 1.42 bits per heavy atom. The van der Waals surface area contributed by atoms with Crippen LogP contribution in [0.4, 0.5) is 17.1 Å². The maximum atomic E-state index is 7.00. The summed E-state index contributed by atoms with van der Waals surface area (Å²) in [5.41, 5.74) is 14.7. The number of hydrogen-bond donors (Lipinski definition) is 0. The molecule has 14 aromatic rings. The van der Waals surface area contributed by atoms with Crippen molar-refractivity contribution in [3.63, 3.8) is 0 Å². The average molecular weight is 844 g/mol. The number of rotatable bonds is 6. The van der Waals surface area contributed by atoms with Gasteiger partial charge in [0, 0.05) is 54.7 Å². The first-order valence-electron chi connectivity index (χ1n) is 22.4. The molecule has 0 amide bonds. The van der Waals surface area contributed by atoms with Gasteiger partial charge < -0.3 is 18.2 Å². The minimum Gasteiger partial charge on any atom is -0.455 e. The van der Waals surface area contributed by atoms with Crippen LogP contribution in [0.2, 0.25) is 0 Å². The molecule has 0 aliphatic carbocycles. The molecule has 308 valence electrons. The van der Waals surface area contributed by atoms with Gasteiger partial charge in [-0.15, -0.1) is 0 Å².